The van der Waals surface area contributed by atoms with E-state index in [9.17, 15) is 4.79 Å². The van der Waals surface area contributed by atoms with Crippen molar-refractivity contribution in [3.63, 3.8) is 0 Å². The maximum absolute atomic E-state index is 10.7. The summed E-state index contributed by atoms with van der Waals surface area (Å²) in [4.78, 5) is 10.7. The van der Waals surface area contributed by atoms with Crippen LogP contribution in [0.1, 0.15) is 0 Å². The van der Waals surface area contributed by atoms with Crippen molar-refractivity contribution < 1.29 is 14.0 Å². The molecule has 0 aromatic rings. The van der Waals surface area contributed by atoms with E-state index in [1.165, 1.54) is 0 Å². The van der Waals surface area contributed by atoms with E-state index in [1.807, 2.05) is 0 Å². The molecule has 1 unspecified atom stereocenters. The summed E-state index contributed by atoms with van der Waals surface area (Å²) in [6.45, 7) is 13.0. The number of carboxylic acids is 1. The Morgan fingerprint density at radius 3 is 1.86 bits per heavy atom. The van der Waals surface area contributed by atoms with Crippen molar-refractivity contribution in [3.05, 3.63) is 0 Å². The number of hydrogen-bond donors (Lipinski definition) is 1. The summed E-state index contributed by atoms with van der Waals surface area (Å²) in [6, 6.07) is 0.292. The molecule has 0 aromatic heterocycles. The molecule has 0 fully saturated rings. The van der Waals surface area contributed by atoms with E-state index in [0.29, 0.717) is 6.04 Å². The molecule has 1 atom stereocenters. The van der Waals surface area contributed by atoms with E-state index in [-0.39, 0.29) is 0 Å². The summed E-state index contributed by atoms with van der Waals surface area (Å²) < 4.78 is 6.07. The lowest BCUT2D eigenvalue weighted by atomic mass is 10.8. The van der Waals surface area contributed by atoms with Crippen LogP contribution in [0.15, 0.2) is 0 Å². The van der Waals surface area contributed by atoms with Gasteiger partial charge >= 0.3 is 5.97 Å². The maximum atomic E-state index is 10.7. The van der Waals surface area contributed by atoms with E-state index in [4.69, 9.17) is 9.22 Å². The van der Waals surface area contributed by atoms with Gasteiger partial charge in [0.15, 0.2) is 16.9 Å². The zero-order valence-corrected chi connectivity index (χ0v) is 13.2. The van der Waals surface area contributed by atoms with E-state index in [0.717, 1.165) is 0 Å². The molecular formula is C8H22O3Si3. The third-order valence-corrected chi connectivity index (χ3v) is 15.9. The second-order valence-electron chi connectivity index (χ2n) is 5.68. The van der Waals surface area contributed by atoms with Crippen LogP contribution in [-0.4, -0.2) is 35.5 Å². The van der Waals surface area contributed by atoms with Crippen LogP contribution in [0.4, 0.5) is 0 Å². The highest BCUT2D eigenvalue weighted by Crippen LogP contribution is 2.17. The maximum Gasteiger partial charge on any atom is 0.302 e. The quantitative estimate of drug-likeness (QED) is 0.760. The van der Waals surface area contributed by atoms with Crippen LogP contribution in [0.3, 0.4) is 0 Å². The Balaban J connectivity index is 4.50. The van der Waals surface area contributed by atoms with Gasteiger partial charge in [0.25, 0.3) is 0 Å². The van der Waals surface area contributed by atoms with E-state index >= 15 is 0 Å². The van der Waals surface area contributed by atoms with Crippen LogP contribution < -0.4 is 0 Å². The molecule has 0 bridgehead atoms. The second kappa shape index (κ2) is 4.73. The van der Waals surface area contributed by atoms with E-state index in [2.05, 4.69) is 39.3 Å². The lowest BCUT2D eigenvalue weighted by Crippen LogP contribution is -2.51. The average Bonchev–Trinajstić information content (AvgIpc) is 1.78. The fourth-order valence-electron chi connectivity index (χ4n) is 1.11. The molecule has 6 heteroatoms. The fourth-order valence-corrected chi connectivity index (χ4v) is 15.9. The highest BCUT2D eigenvalue weighted by molar-refractivity contribution is 7.31. The molecule has 3 nitrogen and oxygen atoms in total. The highest BCUT2D eigenvalue weighted by atomic mass is 29.2. The largest absolute Gasteiger partial charge is 0.481 e. The van der Waals surface area contributed by atoms with E-state index < -0.39 is 30.4 Å². The number of carboxylic acid groups (broad SMARTS) is 1. The van der Waals surface area contributed by atoms with Gasteiger partial charge in [-0.2, -0.15) is 0 Å². The Kier molecular flexibility index (Phi) is 4.76. The number of hydrogen-bond acceptors (Lipinski definition) is 2. The Labute approximate surface area is 90.1 Å². The van der Waals surface area contributed by atoms with Crippen molar-refractivity contribution >= 4 is 30.4 Å². The standard InChI is InChI=1S/C8H22O3Si3/c1-13(2,3)11-12(7-8(9)10)14(4,5)6/h12H,7H2,1-6H3,(H,9,10). The summed E-state index contributed by atoms with van der Waals surface area (Å²) in [7, 11) is -4.46. The highest BCUT2D eigenvalue weighted by Gasteiger charge is 2.35. The summed E-state index contributed by atoms with van der Waals surface area (Å²) >= 11 is 0. The number of rotatable bonds is 5. The lowest BCUT2D eigenvalue weighted by Gasteiger charge is -2.32. The van der Waals surface area contributed by atoms with Gasteiger partial charge in [-0.3, -0.25) is 4.79 Å². The molecule has 84 valence electrons. The molecule has 0 radical (unpaired) electrons. The Morgan fingerprint density at radius 2 is 1.64 bits per heavy atom. The molecule has 0 aliphatic carbocycles. The minimum absolute atomic E-state index is 0.292. The van der Waals surface area contributed by atoms with Crippen molar-refractivity contribution in [1.29, 1.82) is 0 Å². The molecule has 0 aliphatic rings. The molecule has 0 aliphatic heterocycles. The normalized spacial score (nSPS) is 15.3. The topological polar surface area (TPSA) is 46.5 Å². The van der Waals surface area contributed by atoms with Gasteiger partial charge in [-0.05, 0) is 19.6 Å². The minimum Gasteiger partial charge on any atom is -0.481 e. The first-order chi connectivity index (χ1) is 6.02. The van der Waals surface area contributed by atoms with Gasteiger partial charge in [-0.15, -0.1) is 0 Å². The molecule has 0 amide bonds. The molecule has 0 heterocycles. The molecule has 14 heavy (non-hydrogen) atoms. The zero-order chi connectivity index (χ0) is 11.6. The average molecular weight is 251 g/mol. The van der Waals surface area contributed by atoms with Crippen molar-refractivity contribution in [2.24, 2.45) is 0 Å². The summed E-state index contributed by atoms with van der Waals surface area (Å²) in [6.07, 6.45) is 0. The first-order valence-corrected chi connectivity index (χ1v) is 14.9. The molecule has 1 N–H and O–H groups in total. The Morgan fingerprint density at radius 1 is 1.21 bits per heavy atom. The van der Waals surface area contributed by atoms with Crippen molar-refractivity contribution in [2.75, 3.05) is 0 Å². The van der Waals surface area contributed by atoms with Gasteiger partial charge < -0.3 is 9.22 Å². The molecule has 0 saturated heterocycles. The van der Waals surface area contributed by atoms with Crippen LogP contribution in [0.5, 0.6) is 0 Å². The first-order valence-electron chi connectivity index (χ1n) is 4.92. The van der Waals surface area contributed by atoms with Gasteiger partial charge in [-0.25, -0.2) is 0 Å². The summed E-state index contributed by atoms with van der Waals surface area (Å²) in [5.41, 5.74) is 0. The second-order valence-corrected chi connectivity index (χ2v) is 24.1. The van der Waals surface area contributed by atoms with Gasteiger partial charge in [0, 0.05) is 0 Å². The SMILES string of the molecule is C[Si](C)(C)O[SiH](CC(=O)O)[Si](C)(C)C. The molecular weight excluding hydrogens is 228 g/mol. The third kappa shape index (κ3) is 6.52. The lowest BCUT2D eigenvalue weighted by molar-refractivity contribution is -0.134. The number of carbonyl (C=O) groups is 1. The van der Waals surface area contributed by atoms with Crippen LogP contribution in [0.2, 0.25) is 45.3 Å². The fraction of sp³-hybridized carbons (Fsp3) is 0.875. The van der Waals surface area contributed by atoms with Crippen molar-refractivity contribution in [3.8, 4) is 0 Å². The zero-order valence-electron chi connectivity index (χ0n) is 10.0. The Hall–Kier alpha value is 0.0806. The monoisotopic (exact) mass is 250 g/mol. The molecule has 0 saturated carbocycles. The van der Waals surface area contributed by atoms with Crippen molar-refractivity contribution in [2.45, 2.75) is 45.3 Å². The Bertz CT molecular complexity index is 205. The predicted molar refractivity (Wildman–Crippen MR) is 67.4 cm³/mol. The smallest absolute Gasteiger partial charge is 0.302 e. The van der Waals surface area contributed by atoms with Crippen LogP contribution >= 0.6 is 0 Å². The molecule has 0 aromatic carbocycles. The minimum atomic E-state index is -1.56. The summed E-state index contributed by atoms with van der Waals surface area (Å²) in [5, 5.41) is 8.84. The molecule has 0 rings (SSSR count). The van der Waals surface area contributed by atoms with Crippen LogP contribution in [0.25, 0.3) is 0 Å². The summed E-state index contributed by atoms with van der Waals surface area (Å²) in [5.74, 6) is -0.692. The van der Waals surface area contributed by atoms with Gasteiger partial charge in [0.05, 0.1) is 13.6 Å². The van der Waals surface area contributed by atoms with Gasteiger partial charge in [0.1, 0.15) is 0 Å². The van der Waals surface area contributed by atoms with Gasteiger partial charge in [0.2, 0.25) is 0 Å². The van der Waals surface area contributed by atoms with Crippen LogP contribution in [-0.2, 0) is 8.91 Å². The molecule has 0 spiro atoms. The van der Waals surface area contributed by atoms with Gasteiger partial charge in [-0.1, -0.05) is 19.6 Å². The third-order valence-electron chi connectivity index (χ3n) is 1.82. The van der Waals surface area contributed by atoms with Crippen molar-refractivity contribution in [1.82, 2.24) is 0 Å². The predicted octanol–water partition coefficient (Wildman–Crippen LogP) is 2.06. The van der Waals surface area contributed by atoms with Crippen LogP contribution in [0, 0.1) is 0 Å². The van der Waals surface area contributed by atoms with E-state index in [1.54, 1.807) is 0 Å². The number of aliphatic carboxylic acids is 1. The first kappa shape index (κ1) is 14.1.